The van der Waals surface area contributed by atoms with Crippen LogP contribution >= 0.6 is 0 Å². The number of hydrogen-bond acceptors (Lipinski definition) is 2. The highest BCUT2D eigenvalue weighted by molar-refractivity contribution is 4.85. The van der Waals surface area contributed by atoms with Crippen LogP contribution < -0.4 is 0 Å². The normalized spacial score (nSPS) is 33.9. The molecule has 2 heteroatoms. The number of nitrogens with zero attached hydrogens (tertiary/aromatic N) is 1. The Morgan fingerprint density at radius 2 is 1.38 bits per heavy atom. The molecule has 2 rings (SSSR count). The summed E-state index contributed by atoms with van der Waals surface area (Å²) in [5, 5.41) is 10.1. The summed E-state index contributed by atoms with van der Waals surface area (Å²) in [4.78, 5) is 2.51. The maximum atomic E-state index is 10.1. The topological polar surface area (TPSA) is 23.5 Å². The van der Waals surface area contributed by atoms with Gasteiger partial charge < -0.3 is 5.11 Å². The second-order valence-corrected chi connectivity index (χ2v) is 5.73. The van der Waals surface area contributed by atoms with E-state index in [9.17, 15) is 5.11 Å². The molecule has 2 fully saturated rings. The Hall–Kier alpha value is -0.0800. The van der Waals surface area contributed by atoms with Gasteiger partial charge in [0.2, 0.25) is 0 Å². The van der Waals surface area contributed by atoms with E-state index in [1.54, 1.807) is 0 Å². The SMILES string of the molecule is CN(C1CCCCCC1)[C@H]1CCCC[C@@H]1O. The highest BCUT2D eigenvalue weighted by atomic mass is 16.3. The minimum Gasteiger partial charge on any atom is -0.391 e. The van der Waals surface area contributed by atoms with E-state index < -0.39 is 0 Å². The van der Waals surface area contributed by atoms with E-state index in [0.29, 0.717) is 6.04 Å². The molecule has 1 N–H and O–H groups in total. The lowest BCUT2D eigenvalue weighted by molar-refractivity contribution is 0.00956. The number of likely N-dealkylation sites (N-methyl/N-ethyl adjacent to an activating group) is 1. The van der Waals surface area contributed by atoms with Crippen molar-refractivity contribution in [1.29, 1.82) is 0 Å². The van der Waals surface area contributed by atoms with Gasteiger partial charge in [-0.15, -0.1) is 0 Å². The molecule has 0 unspecified atom stereocenters. The molecule has 2 atom stereocenters. The Kier molecular flexibility index (Phi) is 4.66. The van der Waals surface area contributed by atoms with E-state index in [2.05, 4.69) is 11.9 Å². The van der Waals surface area contributed by atoms with E-state index in [0.717, 1.165) is 12.5 Å². The quantitative estimate of drug-likeness (QED) is 0.730. The lowest BCUT2D eigenvalue weighted by Crippen LogP contribution is -2.48. The van der Waals surface area contributed by atoms with Crippen molar-refractivity contribution < 1.29 is 5.11 Å². The van der Waals surface area contributed by atoms with Gasteiger partial charge in [0, 0.05) is 12.1 Å². The van der Waals surface area contributed by atoms with Crippen LogP contribution in [0.2, 0.25) is 0 Å². The monoisotopic (exact) mass is 225 g/mol. The highest BCUT2D eigenvalue weighted by Gasteiger charge is 2.30. The van der Waals surface area contributed by atoms with Crippen molar-refractivity contribution in [3.05, 3.63) is 0 Å². The van der Waals surface area contributed by atoms with Crippen LogP contribution in [0.25, 0.3) is 0 Å². The van der Waals surface area contributed by atoms with Crippen molar-refractivity contribution in [2.45, 2.75) is 82.4 Å². The van der Waals surface area contributed by atoms with Gasteiger partial charge in [-0.05, 0) is 32.7 Å². The zero-order valence-corrected chi connectivity index (χ0v) is 10.7. The fraction of sp³-hybridized carbons (Fsp3) is 1.00. The Labute approximate surface area is 100 Å². The fourth-order valence-electron chi connectivity index (χ4n) is 3.50. The zero-order valence-electron chi connectivity index (χ0n) is 10.7. The van der Waals surface area contributed by atoms with Gasteiger partial charge in [0.15, 0.2) is 0 Å². The maximum Gasteiger partial charge on any atom is 0.0695 e. The molecule has 0 saturated heterocycles. The van der Waals surface area contributed by atoms with Gasteiger partial charge >= 0.3 is 0 Å². The molecule has 2 aliphatic carbocycles. The summed E-state index contributed by atoms with van der Waals surface area (Å²) in [5.74, 6) is 0. The fourth-order valence-corrected chi connectivity index (χ4v) is 3.50. The predicted octanol–water partition coefficient (Wildman–Crippen LogP) is 2.94. The molecule has 0 spiro atoms. The molecule has 0 aromatic rings. The van der Waals surface area contributed by atoms with Gasteiger partial charge in [-0.3, -0.25) is 4.90 Å². The lowest BCUT2D eigenvalue weighted by Gasteiger charge is -2.39. The van der Waals surface area contributed by atoms with Crippen LogP contribution in [-0.2, 0) is 0 Å². The molecule has 0 bridgehead atoms. The largest absolute Gasteiger partial charge is 0.391 e. The summed E-state index contributed by atoms with van der Waals surface area (Å²) in [7, 11) is 2.25. The Morgan fingerprint density at radius 1 is 0.812 bits per heavy atom. The molecule has 2 saturated carbocycles. The van der Waals surface area contributed by atoms with E-state index in [4.69, 9.17) is 0 Å². The third kappa shape index (κ3) is 2.98. The van der Waals surface area contributed by atoms with Crippen LogP contribution in [0, 0.1) is 0 Å². The molecule has 0 heterocycles. The second kappa shape index (κ2) is 6.02. The van der Waals surface area contributed by atoms with Crippen LogP contribution in [0.3, 0.4) is 0 Å². The number of hydrogen-bond donors (Lipinski definition) is 1. The van der Waals surface area contributed by atoms with E-state index in [-0.39, 0.29) is 6.10 Å². The van der Waals surface area contributed by atoms with Gasteiger partial charge in [-0.1, -0.05) is 38.5 Å². The minimum absolute atomic E-state index is 0.0676. The van der Waals surface area contributed by atoms with E-state index in [1.165, 1.54) is 57.8 Å². The first-order chi connectivity index (χ1) is 7.79. The highest BCUT2D eigenvalue weighted by Crippen LogP contribution is 2.28. The average molecular weight is 225 g/mol. The first-order valence-electron chi connectivity index (χ1n) is 7.19. The molecule has 0 aliphatic heterocycles. The Balaban J connectivity index is 1.90. The summed E-state index contributed by atoms with van der Waals surface area (Å²) < 4.78 is 0. The van der Waals surface area contributed by atoms with Crippen LogP contribution in [0.15, 0.2) is 0 Å². The second-order valence-electron chi connectivity index (χ2n) is 5.73. The summed E-state index contributed by atoms with van der Waals surface area (Å²) in [6.07, 6.45) is 13.0. The summed E-state index contributed by atoms with van der Waals surface area (Å²) in [6, 6.07) is 1.18. The molecule has 0 radical (unpaired) electrons. The van der Waals surface area contributed by atoms with Crippen molar-refractivity contribution in [3.8, 4) is 0 Å². The standard InChI is InChI=1S/C14H27NO/c1-15(12-8-4-2-3-5-9-12)13-10-6-7-11-14(13)16/h12-14,16H,2-11H2,1H3/t13-,14-/m0/s1. The van der Waals surface area contributed by atoms with Crippen molar-refractivity contribution >= 4 is 0 Å². The van der Waals surface area contributed by atoms with Gasteiger partial charge in [0.25, 0.3) is 0 Å². The first-order valence-corrected chi connectivity index (χ1v) is 7.19. The van der Waals surface area contributed by atoms with Gasteiger partial charge in [-0.2, -0.15) is 0 Å². The van der Waals surface area contributed by atoms with E-state index >= 15 is 0 Å². The van der Waals surface area contributed by atoms with Crippen molar-refractivity contribution in [1.82, 2.24) is 4.90 Å². The average Bonchev–Trinajstić information content (AvgIpc) is 2.57. The molecular weight excluding hydrogens is 198 g/mol. The summed E-state index contributed by atoms with van der Waals surface area (Å²) >= 11 is 0. The summed E-state index contributed by atoms with van der Waals surface area (Å²) in [6.45, 7) is 0. The van der Waals surface area contributed by atoms with Crippen LogP contribution in [0.1, 0.15) is 64.2 Å². The van der Waals surface area contributed by atoms with Crippen LogP contribution in [0.4, 0.5) is 0 Å². The van der Waals surface area contributed by atoms with Crippen LogP contribution in [0.5, 0.6) is 0 Å². The molecular formula is C14H27NO. The first kappa shape index (κ1) is 12.4. The number of rotatable bonds is 2. The smallest absolute Gasteiger partial charge is 0.0695 e. The molecule has 0 aromatic heterocycles. The van der Waals surface area contributed by atoms with E-state index in [1.807, 2.05) is 0 Å². The third-order valence-electron chi connectivity index (χ3n) is 4.62. The van der Waals surface area contributed by atoms with Gasteiger partial charge in [-0.25, -0.2) is 0 Å². The molecule has 16 heavy (non-hydrogen) atoms. The lowest BCUT2D eigenvalue weighted by atomic mass is 9.90. The van der Waals surface area contributed by atoms with Crippen molar-refractivity contribution in [2.75, 3.05) is 7.05 Å². The molecule has 2 nitrogen and oxygen atoms in total. The zero-order chi connectivity index (χ0) is 11.4. The Morgan fingerprint density at radius 3 is 2.00 bits per heavy atom. The molecule has 0 aromatic carbocycles. The number of aliphatic hydroxyl groups is 1. The van der Waals surface area contributed by atoms with Crippen LogP contribution in [-0.4, -0.2) is 35.2 Å². The van der Waals surface area contributed by atoms with Gasteiger partial charge in [0.1, 0.15) is 0 Å². The molecule has 94 valence electrons. The molecule has 0 amide bonds. The van der Waals surface area contributed by atoms with Gasteiger partial charge in [0.05, 0.1) is 6.10 Å². The number of aliphatic hydroxyl groups excluding tert-OH is 1. The van der Waals surface area contributed by atoms with Crippen molar-refractivity contribution in [3.63, 3.8) is 0 Å². The van der Waals surface area contributed by atoms with Crippen molar-refractivity contribution in [2.24, 2.45) is 0 Å². The Bertz CT molecular complexity index is 199. The predicted molar refractivity (Wildman–Crippen MR) is 67.5 cm³/mol. The third-order valence-corrected chi connectivity index (χ3v) is 4.62. The maximum absolute atomic E-state index is 10.1. The minimum atomic E-state index is -0.0676. The molecule has 2 aliphatic rings. The summed E-state index contributed by atoms with van der Waals surface area (Å²) in [5.41, 5.74) is 0.